The van der Waals surface area contributed by atoms with Crippen LogP contribution in [-0.2, 0) is 22.7 Å². The van der Waals surface area contributed by atoms with Crippen LogP contribution >= 0.6 is 0 Å². The maximum atomic E-state index is 13.8. The van der Waals surface area contributed by atoms with Crippen molar-refractivity contribution in [1.29, 1.82) is 0 Å². The summed E-state index contributed by atoms with van der Waals surface area (Å²) in [5.74, 6) is -0.213. The number of halogens is 1. The van der Waals surface area contributed by atoms with Crippen molar-refractivity contribution >= 4 is 22.9 Å². The molecule has 0 saturated carbocycles. The highest BCUT2D eigenvalue weighted by Gasteiger charge is 2.32. The topological polar surface area (TPSA) is 82.0 Å². The van der Waals surface area contributed by atoms with Crippen LogP contribution in [0.1, 0.15) is 48.9 Å². The summed E-state index contributed by atoms with van der Waals surface area (Å²) in [5, 5.41) is 22.1. The van der Waals surface area contributed by atoms with Gasteiger partial charge in [-0.25, -0.2) is 4.39 Å². The van der Waals surface area contributed by atoms with E-state index in [-0.39, 0.29) is 18.1 Å². The summed E-state index contributed by atoms with van der Waals surface area (Å²) in [5.41, 5.74) is 4.38. The first-order chi connectivity index (χ1) is 15.3. The normalized spacial score (nSPS) is 18.9. The average molecular weight is 441 g/mol. The highest BCUT2D eigenvalue weighted by atomic mass is 19.1. The molecule has 0 spiro atoms. The first-order valence-corrected chi connectivity index (χ1v) is 11.0. The van der Waals surface area contributed by atoms with Gasteiger partial charge in [-0.1, -0.05) is 18.2 Å². The highest BCUT2D eigenvalue weighted by molar-refractivity contribution is 6.36. The van der Waals surface area contributed by atoms with Crippen LogP contribution in [0.25, 0.3) is 11.3 Å². The first-order valence-electron chi connectivity index (χ1n) is 11.0. The third-order valence-electron chi connectivity index (χ3n) is 5.87. The monoisotopic (exact) mass is 440 g/mol. The van der Waals surface area contributed by atoms with Crippen LogP contribution in [0.15, 0.2) is 36.4 Å². The number of aliphatic hydroxyl groups is 2. The molecule has 1 amide bonds. The number of aliphatic hydroxyl groups excluding tert-OH is 2. The molecule has 0 bridgehead atoms. The van der Waals surface area contributed by atoms with Crippen LogP contribution in [0.4, 0.5) is 10.1 Å². The highest BCUT2D eigenvalue weighted by Crippen LogP contribution is 2.42. The van der Waals surface area contributed by atoms with Gasteiger partial charge in [0.2, 0.25) is 0 Å². The number of carbonyl (C=O) groups excluding carboxylic acids is 1. The van der Waals surface area contributed by atoms with Crippen molar-refractivity contribution in [3.8, 4) is 0 Å². The Morgan fingerprint density at radius 2 is 1.78 bits per heavy atom. The van der Waals surface area contributed by atoms with Crippen LogP contribution < -0.4 is 5.32 Å². The van der Waals surface area contributed by atoms with E-state index in [9.17, 15) is 19.4 Å². The van der Waals surface area contributed by atoms with Crippen LogP contribution in [0.3, 0.4) is 0 Å². The van der Waals surface area contributed by atoms with E-state index in [4.69, 9.17) is 4.74 Å². The molecule has 7 heteroatoms. The Morgan fingerprint density at radius 3 is 2.47 bits per heavy atom. The molecule has 0 aliphatic carbocycles. The minimum atomic E-state index is -0.401. The number of nitrogens with zero attached hydrogens (tertiary/aromatic N) is 1. The van der Waals surface area contributed by atoms with Crippen molar-refractivity contribution in [2.24, 2.45) is 0 Å². The van der Waals surface area contributed by atoms with E-state index in [0.29, 0.717) is 48.6 Å². The Balaban J connectivity index is 1.58. The van der Waals surface area contributed by atoms with E-state index in [1.54, 1.807) is 19.9 Å². The predicted molar refractivity (Wildman–Crippen MR) is 121 cm³/mol. The van der Waals surface area contributed by atoms with Gasteiger partial charge >= 0.3 is 0 Å². The Hall–Kier alpha value is -2.74. The lowest BCUT2D eigenvalue weighted by atomic mass is 9.99. The SMILES string of the molecule is CC(O)CCN(CCC(C)O)Cc1ccc2c(c1)CO/C2=C1/C(=O)Nc2ccc(F)cc21. The van der Waals surface area contributed by atoms with Gasteiger partial charge in [0.1, 0.15) is 18.2 Å². The first kappa shape index (κ1) is 22.5. The maximum absolute atomic E-state index is 13.8. The summed E-state index contributed by atoms with van der Waals surface area (Å²) >= 11 is 0. The molecule has 2 aromatic carbocycles. The quantitative estimate of drug-likeness (QED) is 0.547. The average Bonchev–Trinajstić information content (AvgIpc) is 3.28. The Morgan fingerprint density at radius 1 is 1.06 bits per heavy atom. The summed E-state index contributed by atoms with van der Waals surface area (Å²) in [4.78, 5) is 14.8. The number of ether oxygens (including phenoxy) is 1. The molecule has 0 saturated heterocycles. The van der Waals surface area contributed by atoms with Crippen LogP contribution in [0.2, 0.25) is 0 Å². The molecule has 32 heavy (non-hydrogen) atoms. The number of hydrogen-bond acceptors (Lipinski definition) is 5. The zero-order valence-corrected chi connectivity index (χ0v) is 18.4. The van der Waals surface area contributed by atoms with Gasteiger partial charge in [0.05, 0.1) is 17.8 Å². The molecule has 6 nitrogen and oxygen atoms in total. The fourth-order valence-corrected chi connectivity index (χ4v) is 4.15. The number of amides is 1. The number of anilines is 1. The molecule has 2 unspecified atom stereocenters. The van der Waals surface area contributed by atoms with Crippen LogP contribution in [0.5, 0.6) is 0 Å². The number of rotatable bonds is 8. The van der Waals surface area contributed by atoms with Crippen LogP contribution in [0, 0.1) is 5.82 Å². The van der Waals surface area contributed by atoms with Crippen LogP contribution in [-0.4, -0.2) is 46.3 Å². The fraction of sp³-hybridized carbons (Fsp3) is 0.400. The maximum Gasteiger partial charge on any atom is 0.260 e. The minimum Gasteiger partial charge on any atom is -0.487 e. The van der Waals surface area contributed by atoms with E-state index in [2.05, 4.69) is 16.3 Å². The standard InChI is InChI=1S/C25H29FN2O4/c1-15(29)7-9-28(10-8-16(2)30)13-17-3-5-20-18(11-17)14-32-24(20)23-21-12-19(26)4-6-22(21)27-25(23)31/h3-6,11-12,15-16,29-30H,7-10,13-14H2,1-2H3,(H,27,31)/b24-23+. The Bertz CT molecular complexity index is 1040. The second-order valence-corrected chi connectivity index (χ2v) is 8.68. The van der Waals surface area contributed by atoms with E-state index in [1.165, 1.54) is 12.1 Å². The lowest BCUT2D eigenvalue weighted by Gasteiger charge is -2.24. The van der Waals surface area contributed by atoms with Crippen molar-refractivity contribution in [2.75, 3.05) is 18.4 Å². The Labute approximate surface area is 187 Å². The number of hydrogen-bond donors (Lipinski definition) is 3. The number of fused-ring (bicyclic) bond motifs is 2. The lowest BCUT2D eigenvalue weighted by molar-refractivity contribution is -0.110. The van der Waals surface area contributed by atoms with Crippen molar-refractivity contribution in [1.82, 2.24) is 4.90 Å². The van der Waals surface area contributed by atoms with Gasteiger partial charge in [-0.3, -0.25) is 9.69 Å². The molecule has 0 fully saturated rings. The van der Waals surface area contributed by atoms with Gasteiger partial charge in [-0.2, -0.15) is 0 Å². The van der Waals surface area contributed by atoms with E-state index in [0.717, 1.165) is 29.8 Å². The minimum absolute atomic E-state index is 0.292. The predicted octanol–water partition coefficient (Wildman–Crippen LogP) is 3.52. The summed E-state index contributed by atoms with van der Waals surface area (Å²) in [6.45, 7) is 6.05. The molecule has 3 N–H and O–H groups in total. The van der Waals surface area contributed by atoms with Gasteiger partial charge in [0.15, 0.2) is 0 Å². The number of benzene rings is 2. The summed E-state index contributed by atoms with van der Waals surface area (Å²) in [7, 11) is 0. The molecule has 2 heterocycles. The molecule has 4 rings (SSSR count). The molecule has 2 atom stereocenters. The molecule has 2 aliphatic heterocycles. The van der Waals surface area contributed by atoms with Gasteiger partial charge < -0.3 is 20.3 Å². The number of nitrogens with one attached hydrogen (secondary N) is 1. The van der Waals surface area contributed by atoms with Crippen molar-refractivity contribution in [3.63, 3.8) is 0 Å². The van der Waals surface area contributed by atoms with E-state index < -0.39 is 5.82 Å². The smallest absolute Gasteiger partial charge is 0.260 e. The molecule has 170 valence electrons. The van der Waals surface area contributed by atoms with Gasteiger partial charge in [0.25, 0.3) is 5.91 Å². The molecule has 2 aromatic rings. The molecular formula is C25H29FN2O4. The third kappa shape index (κ3) is 4.85. The third-order valence-corrected chi connectivity index (χ3v) is 5.87. The fourth-order valence-electron chi connectivity index (χ4n) is 4.15. The molecule has 2 aliphatic rings. The summed E-state index contributed by atoms with van der Waals surface area (Å²) in [6.07, 6.45) is 0.568. The van der Waals surface area contributed by atoms with Crippen molar-refractivity contribution in [3.05, 3.63) is 64.5 Å². The summed E-state index contributed by atoms with van der Waals surface area (Å²) in [6, 6.07) is 10.3. The largest absolute Gasteiger partial charge is 0.487 e. The molecule has 0 aromatic heterocycles. The molecular weight excluding hydrogens is 411 g/mol. The zero-order valence-electron chi connectivity index (χ0n) is 18.4. The molecule has 0 radical (unpaired) electrons. The summed E-state index contributed by atoms with van der Waals surface area (Å²) < 4.78 is 19.7. The van der Waals surface area contributed by atoms with E-state index >= 15 is 0 Å². The second-order valence-electron chi connectivity index (χ2n) is 8.68. The van der Waals surface area contributed by atoms with Crippen molar-refractivity contribution < 1.29 is 24.1 Å². The van der Waals surface area contributed by atoms with E-state index in [1.807, 2.05) is 12.1 Å². The van der Waals surface area contributed by atoms with Gasteiger partial charge in [-0.05, 0) is 50.5 Å². The zero-order chi connectivity index (χ0) is 22.8. The number of carbonyl (C=O) groups is 1. The van der Waals surface area contributed by atoms with Gasteiger partial charge in [-0.15, -0.1) is 0 Å². The second kappa shape index (κ2) is 9.40. The lowest BCUT2D eigenvalue weighted by Crippen LogP contribution is -2.29. The van der Waals surface area contributed by atoms with Gasteiger partial charge in [0, 0.05) is 42.0 Å². The Kier molecular flexibility index (Phi) is 6.60. The van der Waals surface area contributed by atoms with Crippen molar-refractivity contribution in [2.45, 2.75) is 52.0 Å².